The molecule has 3 aromatic carbocycles. The molecule has 1 aliphatic rings. The molecule has 0 atom stereocenters. The highest BCUT2D eigenvalue weighted by molar-refractivity contribution is 5.82. The molecule has 3 nitrogen and oxygen atoms in total. The Morgan fingerprint density at radius 2 is 1.34 bits per heavy atom. The second kappa shape index (κ2) is 14.4. The first-order valence-electron chi connectivity index (χ1n) is 10.4. The number of carbonyl (C=O) groups excluding carboxylic acids is 1. The van der Waals surface area contributed by atoms with Gasteiger partial charge in [0.2, 0.25) is 5.91 Å². The van der Waals surface area contributed by atoms with E-state index in [1.165, 1.54) is 34.7 Å². The van der Waals surface area contributed by atoms with E-state index in [4.69, 9.17) is 5.73 Å². The molecule has 0 radical (unpaired) electrons. The molecule has 2 N–H and O–H groups in total. The third-order valence-corrected chi connectivity index (χ3v) is 4.40. The van der Waals surface area contributed by atoms with Crippen molar-refractivity contribution in [2.24, 2.45) is 5.73 Å². The predicted molar refractivity (Wildman–Crippen MR) is 126 cm³/mol. The summed E-state index contributed by atoms with van der Waals surface area (Å²) in [5, 5.41) is 2.64. The maximum atomic E-state index is 10.6. The number of benzene rings is 3. The van der Waals surface area contributed by atoms with Gasteiger partial charge in [-0.15, -0.1) is 0 Å². The molecular weight excluding hydrogens is 356 g/mol. The van der Waals surface area contributed by atoms with E-state index >= 15 is 0 Å². The van der Waals surface area contributed by atoms with Gasteiger partial charge in [-0.05, 0) is 44.0 Å². The fraction of sp³-hybridized carbons (Fsp3) is 0.346. The number of rotatable bonds is 0. The zero-order chi connectivity index (χ0) is 21.5. The number of fused-ring (bicyclic) bond motifs is 1. The number of carbonyl (C=O) groups is 1. The van der Waals surface area contributed by atoms with E-state index in [1.807, 2.05) is 30.0 Å². The number of hydrogen-bond donors (Lipinski definition) is 1. The molecule has 1 heterocycles. The number of hydrogen-bond acceptors (Lipinski definition) is 2. The Morgan fingerprint density at radius 3 is 1.79 bits per heavy atom. The Labute approximate surface area is 176 Å². The highest BCUT2D eigenvalue weighted by Gasteiger charge is 2.12. The van der Waals surface area contributed by atoms with Crippen LogP contribution < -0.4 is 5.73 Å². The van der Waals surface area contributed by atoms with Gasteiger partial charge < -0.3 is 10.6 Å². The van der Waals surface area contributed by atoms with Crippen LogP contribution in [0, 0.1) is 13.8 Å². The smallest absolute Gasteiger partial charge is 0.219 e. The van der Waals surface area contributed by atoms with Crippen LogP contribution in [0.4, 0.5) is 0 Å². The molecule has 1 fully saturated rings. The van der Waals surface area contributed by atoms with Crippen molar-refractivity contribution in [2.45, 2.75) is 40.5 Å². The fourth-order valence-electron chi connectivity index (χ4n) is 2.88. The van der Waals surface area contributed by atoms with Crippen molar-refractivity contribution in [1.82, 2.24) is 4.90 Å². The minimum Gasteiger partial charge on any atom is -0.343 e. The lowest BCUT2D eigenvalue weighted by molar-refractivity contribution is -0.127. The van der Waals surface area contributed by atoms with E-state index < -0.39 is 0 Å². The van der Waals surface area contributed by atoms with Crippen molar-refractivity contribution in [2.75, 3.05) is 19.6 Å². The van der Waals surface area contributed by atoms with Gasteiger partial charge in [-0.1, -0.05) is 90.8 Å². The highest BCUT2D eigenvalue weighted by Crippen LogP contribution is 2.14. The zero-order valence-electron chi connectivity index (χ0n) is 18.4. The molecule has 1 saturated heterocycles. The Kier molecular flexibility index (Phi) is 12.1. The average Bonchev–Trinajstić information content (AvgIpc) is 3.25. The van der Waals surface area contributed by atoms with Crippen LogP contribution >= 0.6 is 0 Å². The van der Waals surface area contributed by atoms with Gasteiger partial charge in [-0.3, -0.25) is 4.79 Å². The largest absolute Gasteiger partial charge is 0.343 e. The molecular formula is C26H36N2O. The van der Waals surface area contributed by atoms with Crippen LogP contribution in [0.25, 0.3) is 10.8 Å². The zero-order valence-corrected chi connectivity index (χ0v) is 18.4. The fourth-order valence-corrected chi connectivity index (χ4v) is 2.88. The number of amides is 1. The summed E-state index contributed by atoms with van der Waals surface area (Å²) in [7, 11) is 0. The van der Waals surface area contributed by atoms with Gasteiger partial charge >= 0.3 is 0 Å². The summed E-state index contributed by atoms with van der Waals surface area (Å²) in [6.07, 6.45) is 2.39. The van der Waals surface area contributed by atoms with Crippen LogP contribution in [0.15, 0.2) is 72.8 Å². The molecule has 3 heteroatoms. The molecule has 1 aliphatic heterocycles. The number of nitrogens with zero attached hydrogens (tertiary/aromatic N) is 1. The number of nitrogens with two attached hydrogens (primary N) is 1. The summed E-state index contributed by atoms with van der Waals surface area (Å²) in [6.45, 7) is 10.4. The Morgan fingerprint density at radius 1 is 0.828 bits per heavy atom. The first-order chi connectivity index (χ1) is 14.0. The van der Waals surface area contributed by atoms with Gasteiger partial charge in [0.25, 0.3) is 0 Å². The second-order valence-corrected chi connectivity index (χ2v) is 7.13. The Hall–Kier alpha value is -2.65. The van der Waals surface area contributed by atoms with Crippen LogP contribution in [-0.2, 0) is 4.79 Å². The van der Waals surface area contributed by atoms with Crippen molar-refractivity contribution in [3.05, 3.63) is 83.9 Å². The van der Waals surface area contributed by atoms with Crippen molar-refractivity contribution < 1.29 is 4.79 Å². The third kappa shape index (κ3) is 10.5. The molecule has 3 aromatic rings. The lowest BCUT2D eigenvalue weighted by Crippen LogP contribution is -2.24. The van der Waals surface area contributed by atoms with Gasteiger partial charge in [0.15, 0.2) is 0 Å². The Balaban J connectivity index is 0.000000209. The molecule has 1 amide bonds. The van der Waals surface area contributed by atoms with Crippen molar-refractivity contribution in [3.8, 4) is 0 Å². The first-order valence-corrected chi connectivity index (χ1v) is 10.4. The normalized spacial score (nSPS) is 12.0. The van der Waals surface area contributed by atoms with E-state index in [0.717, 1.165) is 19.6 Å². The minimum absolute atomic E-state index is 0.225. The lowest BCUT2D eigenvalue weighted by atomic mass is 10.1. The summed E-state index contributed by atoms with van der Waals surface area (Å²) in [5.74, 6) is 0.225. The van der Waals surface area contributed by atoms with Gasteiger partial charge in [0, 0.05) is 20.0 Å². The molecule has 0 saturated carbocycles. The van der Waals surface area contributed by atoms with E-state index in [2.05, 4.69) is 68.4 Å². The van der Waals surface area contributed by atoms with Crippen LogP contribution in [0.2, 0.25) is 0 Å². The van der Waals surface area contributed by atoms with Crippen LogP contribution in [0.5, 0.6) is 0 Å². The second-order valence-electron chi connectivity index (χ2n) is 7.13. The summed E-state index contributed by atoms with van der Waals surface area (Å²) in [4.78, 5) is 12.5. The van der Waals surface area contributed by atoms with Crippen molar-refractivity contribution >= 4 is 16.7 Å². The summed E-state index contributed by atoms with van der Waals surface area (Å²) in [5.41, 5.74) is 7.49. The van der Waals surface area contributed by atoms with Crippen LogP contribution in [0.1, 0.15) is 37.8 Å². The van der Waals surface area contributed by atoms with Crippen molar-refractivity contribution in [3.63, 3.8) is 0 Å². The standard InChI is InChI=1S/C11H10.C7H8.C6H11NO.C2H7N/c1-9-6-7-10-4-2-3-5-11(10)8-9;1-7-5-3-2-4-6-7;1-6(8)7-4-2-3-5-7;1-2-3/h2-8H,1H3;2-6H,1H3;2-5H2,1H3;2-3H2,1H3. The highest BCUT2D eigenvalue weighted by atomic mass is 16.2. The molecule has 0 aromatic heterocycles. The minimum atomic E-state index is 0.225. The lowest BCUT2D eigenvalue weighted by Gasteiger charge is -2.10. The third-order valence-electron chi connectivity index (χ3n) is 4.40. The van der Waals surface area contributed by atoms with Crippen molar-refractivity contribution in [1.29, 1.82) is 0 Å². The van der Waals surface area contributed by atoms with E-state index in [-0.39, 0.29) is 5.91 Å². The molecule has 0 unspecified atom stereocenters. The van der Waals surface area contributed by atoms with Crippen LogP contribution in [-0.4, -0.2) is 30.4 Å². The van der Waals surface area contributed by atoms with E-state index in [0.29, 0.717) is 0 Å². The maximum absolute atomic E-state index is 10.6. The SMILES string of the molecule is CC(=O)N1CCCC1.CCN.Cc1ccc2ccccc2c1.Cc1ccccc1. The predicted octanol–water partition coefficient (Wildman–Crippen LogP) is 5.74. The number of likely N-dealkylation sites (tertiary alicyclic amines) is 1. The molecule has 29 heavy (non-hydrogen) atoms. The van der Waals surface area contributed by atoms with Gasteiger partial charge in [0.05, 0.1) is 0 Å². The molecule has 0 spiro atoms. The van der Waals surface area contributed by atoms with Gasteiger partial charge in [-0.2, -0.15) is 0 Å². The molecule has 4 rings (SSSR count). The van der Waals surface area contributed by atoms with Crippen LogP contribution in [0.3, 0.4) is 0 Å². The Bertz CT molecular complexity index is 824. The quantitative estimate of drug-likeness (QED) is 0.530. The topological polar surface area (TPSA) is 46.3 Å². The average molecular weight is 393 g/mol. The van der Waals surface area contributed by atoms with E-state index in [1.54, 1.807) is 6.92 Å². The summed E-state index contributed by atoms with van der Waals surface area (Å²) < 4.78 is 0. The molecule has 156 valence electrons. The summed E-state index contributed by atoms with van der Waals surface area (Å²) >= 11 is 0. The van der Waals surface area contributed by atoms with Gasteiger partial charge in [0.1, 0.15) is 0 Å². The summed E-state index contributed by atoms with van der Waals surface area (Å²) in [6, 6.07) is 25.2. The monoisotopic (exact) mass is 392 g/mol. The van der Waals surface area contributed by atoms with Gasteiger partial charge in [-0.25, -0.2) is 0 Å². The molecule has 0 bridgehead atoms. The maximum Gasteiger partial charge on any atom is 0.219 e. The molecule has 0 aliphatic carbocycles. The number of aryl methyl sites for hydroxylation is 2. The van der Waals surface area contributed by atoms with E-state index in [9.17, 15) is 4.79 Å². The first kappa shape index (κ1) is 24.4.